The average Bonchev–Trinajstić information content (AvgIpc) is 3.04. The maximum absolute atomic E-state index is 12.3. The van der Waals surface area contributed by atoms with Crippen LogP contribution in [0.4, 0.5) is 4.79 Å². The molecule has 1 amide bonds. The van der Waals surface area contributed by atoms with E-state index in [-0.39, 0.29) is 12.1 Å². The largest absolute Gasteiger partial charge is 0.461 e. The minimum Gasteiger partial charge on any atom is -0.461 e. The standard InChI is InChI=1S/C22H35N3O4/c1-5-28-20(26)19-17-8-6-7-9-18(17)25(23-19)15-12-16-10-13-24(14-11-16)21(27)29-22(2,3)4/h16H,5-15H2,1-4H3. The molecule has 7 nitrogen and oxygen atoms in total. The number of esters is 1. The zero-order valence-electron chi connectivity index (χ0n) is 18.3. The van der Waals surface area contributed by atoms with E-state index in [2.05, 4.69) is 5.10 Å². The highest BCUT2D eigenvalue weighted by molar-refractivity contribution is 5.89. The summed E-state index contributed by atoms with van der Waals surface area (Å²) >= 11 is 0. The summed E-state index contributed by atoms with van der Waals surface area (Å²) in [6, 6.07) is 0. The van der Waals surface area contributed by atoms with Crippen LogP contribution < -0.4 is 0 Å². The molecule has 0 bridgehead atoms. The van der Waals surface area contributed by atoms with E-state index in [0.29, 0.717) is 18.2 Å². The first-order chi connectivity index (χ1) is 13.8. The van der Waals surface area contributed by atoms with Gasteiger partial charge >= 0.3 is 12.1 Å². The van der Waals surface area contributed by atoms with E-state index in [9.17, 15) is 9.59 Å². The fraction of sp³-hybridized carbons (Fsp3) is 0.773. The maximum Gasteiger partial charge on any atom is 0.410 e. The molecule has 1 aliphatic carbocycles. The Bertz CT molecular complexity index is 727. The van der Waals surface area contributed by atoms with Crippen molar-refractivity contribution >= 4 is 12.1 Å². The van der Waals surface area contributed by atoms with Gasteiger partial charge in [-0.1, -0.05) is 0 Å². The Morgan fingerprint density at radius 1 is 1.14 bits per heavy atom. The quantitative estimate of drug-likeness (QED) is 0.693. The molecule has 1 aromatic heterocycles. The topological polar surface area (TPSA) is 73.7 Å². The van der Waals surface area contributed by atoms with Crippen molar-refractivity contribution in [2.45, 2.75) is 84.8 Å². The van der Waals surface area contributed by atoms with E-state index in [1.165, 1.54) is 5.69 Å². The monoisotopic (exact) mass is 405 g/mol. The number of hydrogen-bond donors (Lipinski definition) is 0. The fourth-order valence-electron chi connectivity index (χ4n) is 4.25. The zero-order chi connectivity index (χ0) is 21.0. The lowest BCUT2D eigenvalue weighted by Gasteiger charge is -2.33. The van der Waals surface area contributed by atoms with Gasteiger partial charge in [0.2, 0.25) is 0 Å². The third-order valence-electron chi connectivity index (χ3n) is 5.74. The van der Waals surface area contributed by atoms with Crippen LogP contribution in [0.2, 0.25) is 0 Å². The molecule has 2 heterocycles. The lowest BCUT2D eigenvalue weighted by molar-refractivity contribution is 0.0179. The summed E-state index contributed by atoms with van der Waals surface area (Å²) in [4.78, 5) is 26.3. The van der Waals surface area contributed by atoms with E-state index < -0.39 is 5.60 Å². The van der Waals surface area contributed by atoms with Gasteiger partial charge < -0.3 is 14.4 Å². The number of aromatic nitrogens is 2. The van der Waals surface area contributed by atoms with E-state index >= 15 is 0 Å². The van der Waals surface area contributed by atoms with Gasteiger partial charge in [0.1, 0.15) is 5.60 Å². The highest BCUT2D eigenvalue weighted by Gasteiger charge is 2.28. The Kier molecular flexibility index (Phi) is 6.85. The summed E-state index contributed by atoms with van der Waals surface area (Å²) in [5, 5.41) is 4.64. The van der Waals surface area contributed by atoms with Crippen LogP contribution in [0, 0.1) is 5.92 Å². The summed E-state index contributed by atoms with van der Waals surface area (Å²) in [5.41, 5.74) is 2.37. The van der Waals surface area contributed by atoms with E-state index in [4.69, 9.17) is 9.47 Å². The SMILES string of the molecule is CCOC(=O)c1nn(CCC2CCN(C(=O)OC(C)(C)C)CC2)c2c1CCCC2. The molecular weight excluding hydrogens is 370 g/mol. The summed E-state index contributed by atoms with van der Waals surface area (Å²) < 4.78 is 12.7. The van der Waals surface area contributed by atoms with Crippen LogP contribution in [-0.2, 0) is 28.9 Å². The molecule has 1 fully saturated rings. The van der Waals surface area contributed by atoms with Crippen LogP contribution in [0.15, 0.2) is 0 Å². The lowest BCUT2D eigenvalue weighted by atomic mass is 9.93. The van der Waals surface area contributed by atoms with Crippen LogP contribution in [-0.4, -0.2) is 52.0 Å². The molecule has 0 radical (unpaired) electrons. The number of likely N-dealkylation sites (tertiary alicyclic amines) is 1. The van der Waals surface area contributed by atoms with E-state index in [1.54, 1.807) is 0 Å². The molecule has 3 rings (SSSR count). The van der Waals surface area contributed by atoms with Gasteiger partial charge in [0, 0.05) is 30.9 Å². The molecule has 29 heavy (non-hydrogen) atoms. The Morgan fingerprint density at radius 2 is 1.83 bits per heavy atom. The Labute approximate surface area is 173 Å². The molecule has 7 heteroatoms. The van der Waals surface area contributed by atoms with Crippen molar-refractivity contribution in [2.24, 2.45) is 5.92 Å². The molecule has 0 aromatic carbocycles. The number of nitrogens with zero attached hydrogens (tertiary/aromatic N) is 3. The van der Waals surface area contributed by atoms with E-state index in [0.717, 1.165) is 70.1 Å². The number of amides is 1. The van der Waals surface area contributed by atoms with Crippen molar-refractivity contribution in [1.82, 2.24) is 14.7 Å². The predicted octanol–water partition coefficient (Wildman–Crippen LogP) is 3.98. The minimum atomic E-state index is -0.455. The van der Waals surface area contributed by atoms with E-state index in [1.807, 2.05) is 37.3 Å². The van der Waals surface area contributed by atoms with Crippen LogP contribution in [0.3, 0.4) is 0 Å². The molecule has 0 N–H and O–H groups in total. The average molecular weight is 406 g/mol. The van der Waals surface area contributed by atoms with Crippen molar-refractivity contribution in [3.8, 4) is 0 Å². The van der Waals surface area contributed by atoms with Crippen molar-refractivity contribution in [3.05, 3.63) is 17.0 Å². The number of ether oxygens (including phenoxy) is 2. The summed E-state index contributed by atoms with van der Waals surface area (Å²) in [7, 11) is 0. The number of aryl methyl sites for hydroxylation is 1. The number of piperidine rings is 1. The second-order valence-corrected chi connectivity index (χ2v) is 9.12. The highest BCUT2D eigenvalue weighted by atomic mass is 16.6. The number of fused-ring (bicyclic) bond motifs is 1. The number of carbonyl (C=O) groups excluding carboxylic acids is 2. The Hall–Kier alpha value is -2.05. The molecule has 1 aromatic rings. The Morgan fingerprint density at radius 3 is 2.48 bits per heavy atom. The first kappa shape index (κ1) is 21.7. The predicted molar refractivity (Wildman–Crippen MR) is 110 cm³/mol. The molecule has 0 saturated carbocycles. The summed E-state index contributed by atoms with van der Waals surface area (Å²) in [5.74, 6) is 0.262. The van der Waals surface area contributed by atoms with Gasteiger partial charge in [-0.25, -0.2) is 9.59 Å². The molecule has 2 aliphatic rings. The van der Waals surface area contributed by atoms with Gasteiger partial charge in [0.15, 0.2) is 5.69 Å². The van der Waals surface area contributed by atoms with Gasteiger partial charge in [-0.2, -0.15) is 5.10 Å². The van der Waals surface area contributed by atoms with Gasteiger partial charge in [0.05, 0.1) is 6.61 Å². The third kappa shape index (κ3) is 5.52. The van der Waals surface area contributed by atoms with Crippen LogP contribution in [0.25, 0.3) is 0 Å². The lowest BCUT2D eigenvalue weighted by Crippen LogP contribution is -2.41. The number of hydrogen-bond acceptors (Lipinski definition) is 5. The normalized spacial score (nSPS) is 17.7. The molecule has 1 aliphatic heterocycles. The van der Waals surface area contributed by atoms with Crippen LogP contribution >= 0.6 is 0 Å². The van der Waals surface area contributed by atoms with Crippen molar-refractivity contribution in [1.29, 1.82) is 0 Å². The maximum atomic E-state index is 12.3. The summed E-state index contributed by atoms with van der Waals surface area (Å²) in [6.07, 6.45) is 6.91. The fourth-order valence-corrected chi connectivity index (χ4v) is 4.25. The molecule has 0 atom stereocenters. The van der Waals surface area contributed by atoms with Gasteiger partial charge in [-0.15, -0.1) is 0 Å². The minimum absolute atomic E-state index is 0.212. The van der Waals surface area contributed by atoms with Crippen LogP contribution in [0.5, 0.6) is 0 Å². The first-order valence-electron chi connectivity index (χ1n) is 11.0. The molecule has 0 spiro atoms. The van der Waals surface area contributed by atoms with Crippen molar-refractivity contribution in [2.75, 3.05) is 19.7 Å². The highest BCUT2D eigenvalue weighted by Crippen LogP contribution is 2.27. The summed E-state index contributed by atoms with van der Waals surface area (Å²) in [6.45, 7) is 10.2. The Balaban J connectivity index is 1.56. The van der Waals surface area contributed by atoms with Crippen molar-refractivity contribution in [3.63, 3.8) is 0 Å². The van der Waals surface area contributed by atoms with Crippen LogP contribution in [0.1, 0.15) is 81.5 Å². The smallest absolute Gasteiger partial charge is 0.410 e. The second-order valence-electron chi connectivity index (χ2n) is 9.12. The second kappa shape index (κ2) is 9.18. The van der Waals surface area contributed by atoms with Crippen molar-refractivity contribution < 1.29 is 19.1 Å². The number of carbonyl (C=O) groups is 2. The van der Waals surface area contributed by atoms with Gasteiger partial charge in [0.25, 0.3) is 0 Å². The third-order valence-corrected chi connectivity index (χ3v) is 5.74. The zero-order valence-corrected chi connectivity index (χ0v) is 18.3. The van der Waals surface area contributed by atoms with Gasteiger partial charge in [-0.05, 0) is 78.6 Å². The molecular formula is C22H35N3O4. The van der Waals surface area contributed by atoms with Gasteiger partial charge in [-0.3, -0.25) is 4.68 Å². The molecule has 0 unspecified atom stereocenters. The number of rotatable bonds is 5. The first-order valence-corrected chi connectivity index (χ1v) is 11.0. The molecule has 162 valence electrons. The molecule has 1 saturated heterocycles.